The summed E-state index contributed by atoms with van der Waals surface area (Å²) in [4.78, 5) is 25.4. The second-order valence-corrected chi connectivity index (χ2v) is 4.28. The standard InChI is InChI=1S/C14H14N2O3/c1-2-9-16-13(17)11-6-4-3-5-10(11)12(7-8-15)19-14(16)18/h3-6,12H,2,7,9H2,1H3. The third kappa shape index (κ3) is 2.43. The van der Waals surface area contributed by atoms with E-state index in [0.717, 1.165) is 4.90 Å². The maximum absolute atomic E-state index is 12.3. The summed E-state index contributed by atoms with van der Waals surface area (Å²) in [6.07, 6.45) is -0.662. The van der Waals surface area contributed by atoms with Crippen LogP contribution in [0.4, 0.5) is 4.79 Å². The molecule has 1 aliphatic rings. The van der Waals surface area contributed by atoms with Crippen LogP contribution in [0.5, 0.6) is 0 Å². The molecule has 5 nitrogen and oxygen atoms in total. The lowest BCUT2D eigenvalue weighted by Gasteiger charge is -2.17. The van der Waals surface area contributed by atoms with Crippen LogP contribution in [0.3, 0.4) is 0 Å². The van der Waals surface area contributed by atoms with E-state index in [2.05, 4.69) is 0 Å². The van der Waals surface area contributed by atoms with E-state index in [9.17, 15) is 9.59 Å². The molecule has 1 aromatic rings. The molecule has 2 amide bonds. The first-order chi connectivity index (χ1) is 9.19. The minimum absolute atomic E-state index is 0.0377. The molecular weight excluding hydrogens is 244 g/mol. The number of fused-ring (bicyclic) bond motifs is 1. The quantitative estimate of drug-likeness (QED) is 0.835. The van der Waals surface area contributed by atoms with Gasteiger partial charge in [0, 0.05) is 17.7 Å². The molecule has 1 heterocycles. The van der Waals surface area contributed by atoms with Crippen LogP contribution in [0.2, 0.25) is 0 Å². The van der Waals surface area contributed by atoms with Gasteiger partial charge in [-0.15, -0.1) is 0 Å². The molecule has 98 valence electrons. The maximum atomic E-state index is 12.3. The number of nitrogens with zero attached hydrogens (tertiary/aromatic N) is 2. The lowest BCUT2D eigenvalue weighted by atomic mass is 10.00. The third-order valence-corrected chi connectivity index (χ3v) is 2.97. The second kappa shape index (κ2) is 5.53. The number of hydrogen-bond acceptors (Lipinski definition) is 4. The molecule has 0 saturated heterocycles. The number of hydrogen-bond donors (Lipinski definition) is 0. The molecule has 0 bridgehead atoms. The summed E-state index contributed by atoms with van der Waals surface area (Å²) in [5, 5.41) is 8.82. The predicted octanol–water partition coefficient (Wildman–Crippen LogP) is 2.64. The Labute approximate surface area is 111 Å². The summed E-state index contributed by atoms with van der Waals surface area (Å²) < 4.78 is 5.26. The Hall–Kier alpha value is -2.35. The lowest BCUT2D eigenvalue weighted by Crippen LogP contribution is -2.36. The highest BCUT2D eigenvalue weighted by molar-refractivity contribution is 6.04. The van der Waals surface area contributed by atoms with E-state index >= 15 is 0 Å². The Morgan fingerprint density at radius 3 is 2.79 bits per heavy atom. The zero-order valence-corrected chi connectivity index (χ0v) is 10.6. The van der Waals surface area contributed by atoms with E-state index < -0.39 is 12.2 Å². The summed E-state index contributed by atoms with van der Waals surface area (Å²) >= 11 is 0. The highest BCUT2D eigenvalue weighted by Gasteiger charge is 2.33. The summed E-state index contributed by atoms with van der Waals surface area (Å²) in [6, 6.07) is 8.86. The summed E-state index contributed by atoms with van der Waals surface area (Å²) in [6.45, 7) is 2.19. The molecular formula is C14H14N2O3. The number of nitriles is 1. The van der Waals surface area contributed by atoms with Crippen molar-refractivity contribution in [1.29, 1.82) is 5.26 Å². The Morgan fingerprint density at radius 2 is 2.11 bits per heavy atom. The van der Waals surface area contributed by atoms with Crippen LogP contribution in [-0.4, -0.2) is 23.4 Å². The number of rotatable bonds is 3. The van der Waals surface area contributed by atoms with Crippen LogP contribution in [0.1, 0.15) is 41.8 Å². The molecule has 0 fully saturated rings. The topological polar surface area (TPSA) is 70.4 Å². The van der Waals surface area contributed by atoms with E-state index in [0.29, 0.717) is 24.1 Å². The van der Waals surface area contributed by atoms with Crippen molar-refractivity contribution in [3.63, 3.8) is 0 Å². The van der Waals surface area contributed by atoms with Crippen molar-refractivity contribution < 1.29 is 14.3 Å². The van der Waals surface area contributed by atoms with Crippen LogP contribution in [0.15, 0.2) is 24.3 Å². The molecule has 0 saturated carbocycles. The highest BCUT2D eigenvalue weighted by Crippen LogP contribution is 2.29. The van der Waals surface area contributed by atoms with Crippen LogP contribution < -0.4 is 0 Å². The number of carbonyl (C=O) groups is 2. The monoisotopic (exact) mass is 258 g/mol. The number of carbonyl (C=O) groups excluding carboxylic acids is 2. The molecule has 0 spiro atoms. The molecule has 0 aromatic heterocycles. The average molecular weight is 258 g/mol. The Balaban J connectivity index is 2.48. The summed E-state index contributed by atoms with van der Waals surface area (Å²) in [5.41, 5.74) is 1.03. The zero-order chi connectivity index (χ0) is 13.8. The average Bonchev–Trinajstić information content (AvgIpc) is 2.51. The van der Waals surface area contributed by atoms with Gasteiger partial charge in [0.05, 0.1) is 12.5 Å². The molecule has 0 aliphatic carbocycles. The highest BCUT2D eigenvalue weighted by atomic mass is 16.6. The molecule has 1 unspecified atom stereocenters. The number of amides is 2. The minimum Gasteiger partial charge on any atom is -0.440 e. The van der Waals surface area contributed by atoms with Gasteiger partial charge in [0.15, 0.2) is 0 Å². The molecule has 0 N–H and O–H groups in total. The first-order valence-corrected chi connectivity index (χ1v) is 6.17. The van der Waals surface area contributed by atoms with E-state index in [-0.39, 0.29) is 12.3 Å². The second-order valence-electron chi connectivity index (χ2n) is 4.28. The maximum Gasteiger partial charge on any atom is 0.417 e. The van der Waals surface area contributed by atoms with Crippen LogP contribution in [-0.2, 0) is 4.74 Å². The predicted molar refractivity (Wildman–Crippen MR) is 67.2 cm³/mol. The molecule has 1 aliphatic heterocycles. The van der Waals surface area contributed by atoms with Gasteiger partial charge in [0.2, 0.25) is 0 Å². The van der Waals surface area contributed by atoms with Gasteiger partial charge < -0.3 is 4.74 Å². The fraction of sp³-hybridized carbons (Fsp3) is 0.357. The minimum atomic E-state index is -0.681. The van der Waals surface area contributed by atoms with Gasteiger partial charge in [-0.25, -0.2) is 9.69 Å². The first kappa shape index (κ1) is 13.1. The van der Waals surface area contributed by atoms with Crippen LogP contribution >= 0.6 is 0 Å². The van der Waals surface area contributed by atoms with Gasteiger partial charge in [-0.3, -0.25) is 4.79 Å². The van der Waals surface area contributed by atoms with E-state index in [1.165, 1.54) is 0 Å². The lowest BCUT2D eigenvalue weighted by molar-refractivity contribution is 0.0573. The molecule has 5 heteroatoms. The number of benzene rings is 1. The van der Waals surface area contributed by atoms with Crippen molar-refractivity contribution in [2.24, 2.45) is 0 Å². The van der Waals surface area contributed by atoms with E-state index in [4.69, 9.17) is 10.00 Å². The Kier molecular flexibility index (Phi) is 3.81. The molecule has 0 radical (unpaired) electrons. The van der Waals surface area contributed by atoms with Crippen molar-refractivity contribution in [3.05, 3.63) is 35.4 Å². The normalized spacial score (nSPS) is 18.3. The van der Waals surface area contributed by atoms with Crippen molar-refractivity contribution in [3.8, 4) is 6.07 Å². The summed E-state index contributed by atoms with van der Waals surface area (Å²) in [7, 11) is 0. The molecule has 1 aromatic carbocycles. The van der Waals surface area contributed by atoms with Gasteiger partial charge in [0.1, 0.15) is 6.10 Å². The number of ether oxygens (including phenoxy) is 1. The number of imide groups is 1. The fourth-order valence-electron chi connectivity index (χ4n) is 2.10. The molecule has 19 heavy (non-hydrogen) atoms. The Bertz CT molecular complexity index is 548. The van der Waals surface area contributed by atoms with E-state index in [1.807, 2.05) is 13.0 Å². The van der Waals surface area contributed by atoms with Crippen molar-refractivity contribution in [1.82, 2.24) is 4.90 Å². The molecule has 2 rings (SSSR count). The van der Waals surface area contributed by atoms with Gasteiger partial charge in [-0.1, -0.05) is 25.1 Å². The zero-order valence-electron chi connectivity index (χ0n) is 10.6. The number of cyclic esters (lactones) is 1. The van der Waals surface area contributed by atoms with E-state index in [1.54, 1.807) is 24.3 Å². The largest absolute Gasteiger partial charge is 0.440 e. The van der Waals surface area contributed by atoms with Gasteiger partial charge in [0.25, 0.3) is 5.91 Å². The van der Waals surface area contributed by atoms with Crippen molar-refractivity contribution in [2.45, 2.75) is 25.9 Å². The third-order valence-electron chi connectivity index (χ3n) is 2.97. The smallest absolute Gasteiger partial charge is 0.417 e. The van der Waals surface area contributed by atoms with Crippen LogP contribution in [0, 0.1) is 11.3 Å². The Morgan fingerprint density at radius 1 is 1.37 bits per heavy atom. The van der Waals surface area contributed by atoms with Crippen molar-refractivity contribution >= 4 is 12.0 Å². The van der Waals surface area contributed by atoms with Gasteiger partial charge >= 0.3 is 6.09 Å². The van der Waals surface area contributed by atoms with Gasteiger partial charge in [-0.05, 0) is 12.5 Å². The van der Waals surface area contributed by atoms with Gasteiger partial charge in [-0.2, -0.15) is 5.26 Å². The fourth-order valence-corrected chi connectivity index (χ4v) is 2.10. The van der Waals surface area contributed by atoms with Crippen LogP contribution in [0.25, 0.3) is 0 Å². The first-order valence-electron chi connectivity index (χ1n) is 6.17. The molecule has 1 atom stereocenters. The van der Waals surface area contributed by atoms with Crippen molar-refractivity contribution in [2.75, 3.05) is 6.54 Å². The summed E-state index contributed by atoms with van der Waals surface area (Å²) in [5.74, 6) is -0.358. The SMILES string of the molecule is CCCN1C(=O)OC(CC#N)c2ccccc2C1=O.